The second kappa shape index (κ2) is 6.56. The first-order valence-electron chi connectivity index (χ1n) is 7.66. The summed E-state index contributed by atoms with van der Waals surface area (Å²) in [6.07, 6.45) is 3.73. The zero-order chi connectivity index (χ0) is 17.3. The van der Waals surface area contributed by atoms with Crippen molar-refractivity contribution in [3.63, 3.8) is 0 Å². The van der Waals surface area contributed by atoms with Crippen molar-refractivity contribution in [3.05, 3.63) is 50.0 Å². The number of nitro benzene ring substituents is 1. The third kappa shape index (κ3) is 3.70. The van der Waals surface area contributed by atoms with E-state index >= 15 is 0 Å². The van der Waals surface area contributed by atoms with Gasteiger partial charge in [-0.25, -0.2) is 4.98 Å². The van der Waals surface area contributed by atoms with E-state index in [0.29, 0.717) is 17.8 Å². The lowest BCUT2D eigenvalue weighted by atomic mass is 10.1. The molecule has 1 saturated carbocycles. The van der Waals surface area contributed by atoms with Crippen LogP contribution in [-0.2, 0) is 6.54 Å². The minimum Gasteiger partial charge on any atom is -0.364 e. The van der Waals surface area contributed by atoms with Crippen LogP contribution in [0.1, 0.15) is 33.1 Å². The highest BCUT2D eigenvalue weighted by Crippen LogP contribution is 2.30. The quantitative estimate of drug-likeness (QED) is 0.642. The highest BCUT2D eigenvalue weighted by Gasteiger charge is 2.26. The van der Waals surface area contributed by atoms with Crippen molar-refractivity contribution in [2.24, 2.45) is 0 Å². The predicted molar refractivity (Wildman–Crippen MR) is 92.5 cm³/mol. The molecular weight excluding hydrogens is 328 g/mol. The lowest BCUT2D eigenvalue weighted by Crippen LogP contribution is -2.25. The number of anilines is 1. The molecule has 1 heterocycles. The van der Waals surface area contributed by atoms with Gasteiger partial charge in [0.2, 0.25) is 0 Å². The van der Waals surface area contributed by atoms with Crippen molar-refractivity contribution < 1.29 is 9.72 Å². The van der Waals surface area contributed by atoms with Crippen LogP contribution in [0.5, 0.6) is 0 Å². The van der Waals surface area contributed by atoms with E-state index in [9.17, 15) is 14.9 Å². The van der Waals surface area contributed by atoms with Crippen LogP contribution in [0.2, 0.25) is 0 Å². The number of hydrogen-bond donors (Lipinski definition) is 1. The molecule has 0 saturated heterocycles. The van der Waals surface area contributed by atoms with Crippen LogP contribution < -0.4 is 10.2 Å². The Labute approximate surface area is 143 Å². The summed E-state index contributed by atoms with van der Waals surface area (Å²) >= 11 is 1.56. The van der Waals surface area contributed by atoms with Gasteiger partial charge in [-0.2, -0.15) is 0 Å². The molecule has 126 valence electrons. The monoisotopic (exact) mass is 346 g/mol. The van der Waals surface area contributed by atoms with Crippen molar-refractivity contribution in [2.75, 3.05) is 11.9 Å². The molecule has 1 fully saturated rings. The first kappa shape index (κ1) is 16.4. The molecule has 24 heavy (non-hydrogen) atoms. The first-order chi connectivity index (χ1) is 11.4. The van der Waals surface area contributed by atoms with E-state index in [2.05, 4.69) is 10.3 Å². The van der Waals surface area contributed by atoms with E-state index in [1.165, 1.54) is 6.07 Å². The molecule has 0 spiro atoms. The summed E-state index contributed by atoms with van der Waals surface area (Å²) in [5, 5.41) is 15.2. The third-order valence-corrected chi connectivity index (χ3v) is 4.72. The molecule has 1 aliphatic carbocycles. The van der Waals surface area contributed by atoms with Gasteiger partial charge < -0.3 is 10.2 Å². The molecule has 2 aromatic rings. The Balaban J connectivity index is 1.83. The molecule has 1 N–H and O–H groups in total. The molecule has 1 aromatic heterocycles. The molecule has 1 amide bonds. The highest BCUT2D eigenvalue weighted by molar-refractivity contribution is 7.11. The molecule has 0 atom stereocenters. The lowest BCUT2D eigenvalue weighted by molar-refractivity contribution is -0.384. The van der Waals surface area contributed by atoms with Crippen molar-refractivity contribution in [1.82, 2.24) is 10.3 Å². The predicted octanol–water partition coefficient (Wildman–Crippen LogP) is 2.89. The molecule has 7 nitrogen and oxygen atoms in total. The van der Waals surface area contributed by atoms with E-state index < -0.39 is 4.92 Å². The first-order valence-corrected chi connectivity index (χ1v) is 8.47. The molecular formula is C16H18N4O3S. The van der Waals surface area contributed by atoms with Gasteiger partial charge in [0.15, 0.2) is 0 Å². The molecule has 3 rings (SSSR count). The Morgan fingerprint density at radius 2 is 2.25 bits per heavy atom. The van der Waals surface area contributed by atoms with Crippen molar-refractivity contribution >= 4 is 28.6 Å². The number of aryl methyl sites for hydroxylation is 1. The summed E-state index contributed by atoms with van der Waals surface area (Å²) in [5.74, 6) is -0.257. The molecule has 1 aliphatic rings. The summed E-state index contributed by atoms with van der Waals surface area (Å²) in [4.78, 5) is 30.1. The fourth-order valence-corrected chi connectivity index (χ4v) is 3.28. The minimum atomic E-state index is -0.447. The van der Waals surface area contributed by atoms with Crippen LogP contribution in [0.25, 0.3) is 0 Å². The lowest BCUT2D eigenvalue weighted by Gasteiger charge is -2.18. The van der Waals surface area contributed by atoms with Gasteiger partial charge in [-0.3, -0.25) is 14.9 Å². The fraction of sp³-hybridized carbons (Fsp3) is 0.375. The summed E-state index contributed by atoms with van der Waals surface area (Å²) in [6.45, 7) is 2.45. The largest absolute Gasteiger partial charge is 0.364 e. The van der Waals surface area contributed by atoms with E-state index in [0.717, 1.165) is 22.7 Å². The number of hydrogen-bond acceptors (Lipinski definition) is 6. The van der Waals surface area contributed by atoms with Gasteiger partial charge in [0, 0.05) is 35.8 Å². The maximum atomic E-state index is 12.1. The SMILES string of the molecule is Cc1ncc(CN(C)c2ccc(C(=O)NC3CC3)cc2[N+](=O)[O-])s1. The number of benzene rings is 1. The number of amides is 1. The van der Waals surface area contributed by atoms with Gasteiger partial charge in [0.05, 0.1) is 16.5 Å². The molecule has 0 unspecified atom stereocenters. The van der Waals surface area contributed by atoms with Crippen LogP contribution in [0, 0.1) is 17.0 Å². The Hall–Kier alpha value is -2.48. The average molecular weight is 346 g/mol. The second-order valence-corrected chi connectivity index (χ2v) is 7.23. The van der Waals surface area contributed by atoms with Crippen LogP contribution in [-0.4, -0.2) is 28.9 Å². The number of carbonyl (C=O) groups excluding carboxylic acids is 1. The van der Waals surface area contributed by atoms with Gasteiger partial charge in [-0.1, -0.05) is 0 Å². The van der Waals surface area contributed by atoms with Crippen molar-refractivity contribution in [3.8, 4) is 0 Å². The zero-order valence-corrected chi connectivity index (χ0v) is 14.3. The second-order valence-electron chi connectivity index (χ2n) is 5.91. The van der Waals surface area contributed by atoms with Crippen LogP contribution >= 0.6 is 11.3 Å². The van der Waals surface area contributed by atoms with Gasteiger partial charge in [0.1, 0.15) is 5.69 Å². The topological polar surface area (TPSA) is 88.4 Å². The highest BCUT2D eigenvalue weighted by atomic mass is 32.1. The van der Waals surface area contributed by atoms with E-state index in [1.54, 1.807) is 41.6 Å². The Morgan fingerprint density at radius 3 is 2.83 bits per heavy atom. The smallest absolute Gasteiger partial charge is 0.293 e. The number of nitrogens with zero attached hydrogens (tertiary/aromatic N) is 3. The Kier molecular flexibility index (Phi) is 4.48. The Bertz CT molecular complexity index is 785. The van der Waals surface area contributed by atoms with Crippen LogP contribution in [0.15, 0.2) is 24.4 Å². The van der Waals surface area contributed by atoms with Crippen molar-refractivity contribution in [2.45, 2.75) is 32.4 Å². The number of rotatable bonds is 6. The molecule has 1 aromatic carbocycles. The molecule has 0 bridgehead atoms. The van der Waals surface area contributed by atoms with Crippen LogP contribution in [0.3, 0.4) is 0 Å². The van der Waals surface area contributed by atoms with Gasteiger partial charge in [-0.15, -0.1) is 11.3 Å². The number of thiazole rings is 1. The minimum absolute atomic E-state index is 0.0674. The van der Waals surface area contributed by atoms with E-state index in [-0.39, 0.29) is 17.6 Å². The standard InChI is InChI=1S/C16H18N4O3S/c1-10-17-8-13(24-10)9-19(2)14-6-3-11(7-15(14)20(22)23)16(21)18-12-4-5-12/h3,6-8,12H,4-5,9H2,1-2H3,(H,18,21). The fourth-order valence-electron chi connectivity index (χ4n) is 2.43. The maximum absolute atomic E-state index is 12.1. The number of carbonyl (C=O) groups is 1. The zero-order valence-electron chi connectivity index (χ0n) is 13.5. The number of nitro groups is 1. The molecule has 0 radical (unpaired) electrons. The third-order valence-electron chi connectivity index (χ3n) is 3.82. The van der Waals surface area contributed by atoms with Gasteiger partial charge in [0.25, 0.3) is 11.6 Å². The van der Waals surface area contributed by atoms with Gasteiger partial charge >= 0.3 is 0 Å². The molecule has 8 heteroatoms. The van der Waals surface area contributed by atoms with Crippen LogP contribution in [0.4, 0.5) is 11.4 Å². The van der Waals surface area contributed by atoms with E-state index in [1.807, 2.05) is 6.92 Å². The summed E-state index contributed by atoms with van der Waals surface area (Å²) in [7, 11) is 1.79. The number of aromatic nitrogens is 1. The van der Waals surface area contributed by atoms with Crippen molar-refractivity contribution in [1.29, 1.82) is 0 Å². The number of nitrogens with one attached hydrogen (secondary N) is 1. The maximum Gasteiger partial charge on any atom is 0.293 e. The normalized spacial score (nSPS) is 13.6. The van der Waals surface area contributed by atoms with Gasteiger partial charge in [-0.05, 0) is 31.9 Å². The van der Waals surface area contributed by atoms with E-state index in [4.69, 9.17) is 0 Å². The molecule has 0 aliphatic heterocycles. The summed E-state index contributed by atoms with van der Waals surface area (Å²) < 4.78 is 0. The summed E-state index contributed by atoms with van der Waals surface area (Å²) in [6, 6.07) is 4.83. The Morgan fingerprint density at radius 1 is 1.50 bits per heavy atom. The summed E-state index contributed by atoms with van der Waals surface area (Å²) in [5.41, 5.74) is 0.732. The average Bonchev–Trinajstić information content (AvgIpc) is 3.27.